The molecule has 0 bridgehead atoms. The Bertz CT molecular complexity index is 601. The molecule has 0 saturated carbocycles. The molecule has 1 unspecified atom stereocenters. The Morgan fingerprint density at radius 2 is 2.00 bits per heavy atom. The number of aliphatic hydroxyl groups excluding tert-OH is 3. The summed E-state index contributed by atoms with van der Waals surface area (Å²) in [6, 6.07) is 0. The summed E-state index contributed by atoms with van der Waals surface area (Å²) in [7, 11) is 0. The molecule has 1 aromatic rings. The van der Waals surface area contributed by atoms with Gasteiger partial charge in [0.1, 0.15) is 18.3 Å². The number of hydrogen-bond acceptors (Lipinski definition) is 6. The minimum absolute atomic E-state index is 0.488. The summed E-state index contributed by atoms with van der Waals surface area (Å²) in [4.78, 5) is 23.0. The SMILES string of the molecule is O=c1c(F)cn(C2O[C@H](CO)[C@@H](O)[C@@H]2O)c(=O)n1I. The van der Waals surface area contributed by atoms with Crippen molar-refractivity contribution in [2.75, 3.05) is 6.61 Å². The minimum atomic E-state index is -1.52. The largest absolute Gasteiger partial charge is 0.394 e. The first kappa shape index (κ1) is 14.6. The molecule has 1 aliphatic heterocycles. The van der Waals surface area contributed by atoms with E-state index in [9.17, 15) is 24.2 Å². The molecule has 2 rings (SSSR count). The zero-order valence-electron chi connectivity index (χ0n) is 9.31. The van der Waals surface area contributed by atoms with Crippen LogP contribution in [0.1, 0.15) is 6.23 Å². The van der Waals surface area contributed by atoms with Crippen LogP contribution in [0.4, 0.5) is 4.39 Å². The van der Waals surface area contributed by atoms with Gasteiger partial charge in [0.25, 0.3) is 0 Å². The Morgan fingerprint density at radius 3 is 2.53 bits per heavy atom. The van der Waals surface area contributed by atoms with Gasteiger partial charge in [0.15, 0.2) is 6.23 Å². The second-order valence-electron chi connectivity index (χ2n) is 3.98. The van der Waals surface area contributed by atoms with Gasteiger partial charge < -0.3 is 20.1 Å². The highest BCUT2D eigenvalue weighted by atomic mass is 127. The summed E-state index contributed by atoms with van der Waals surface area (Å²) >= 11 is 1.32. The summed E-state index contributed by atoms with van der Waals surface area (Å²) in [5.41, 5.74) is -2.03. The van der Waals surface area contributed by atoms with Crippen molar-refractivity contribution in [2.45, 2.75) is 24.5 Å². The topological polar surface area (TPSA) is 114 Å². The van der Waals surface area contributed by atoms with Gasteiger partial charge >= 0.3 is 11.2 Å². The molecule has 19 heavy (non-hydrogen) atoms. The van der Waals surface area contributed by atoms with Crippen molar-refractivity contribution in [1.29, 1.82) is 0 Å². The van der Waals surface area contributed by atoms with Crippen LogP contribution >= 0.6 is 22.9 Å². The summed E-state index contributed by atoms with van der Waals surface area (Å²) < 4.78 is 19.6. The first-order chi connectivity index (χ1) is 8.88. The number of ether oxygens (including phenoxy) is 1. The summed E-state index contributed by atoms with van der Waals surface area (Å²) in [6.45, 7) is -0.574. The Kier molecular flexibility index (Phi) is 4.06. The first-order valence-corrected chi connectivity index (χ1v) is 6.17. The second-order valence-corrected chi connectivity index (χ2v) is 4.95. The normalized spacial score (nSPS) is 30.8. The highest BCUT2D eigenvalue weighted by molar-refractivity contribution is 14.1. The van der Waals surface area contributed by atoms with Gasteiger partial charge in [-0.1, -0.05) is 0 Å². The fraction of sp³-hybridized carbons (Fsp3) is 0.556. The molecule has 0 radical (unpaired) electrons. The first-order valence-electron chi connectivity index (χ1n) is 5.20. The van der Waals surface area contributed by atoms with Gasteiger partial charge in [-0.25, -0.2) is 4.79 Å². The van der Waals surface area contributed by atoms with Gasteiger partial charge in [-0.3, -0.25) is 9.36 Å². The maximum absolute atomic E-state index is 13.3. The van der Waals surface area contributed by atoms with E-state index in [-0.39, 0.29) is 0 Å². The third kappa shape index (κ3) is 2.33. The van der Waals surface area contributed by atoms with E-state index in [1.807, 2.05) is 0 Å². The molecule has 1 fully saturated rings. The van der Waals surface area contributed by atoms with Crippen molar-refractivity contribution in [2.24, 2.45) is 0 Å². The summed E-state index contributed by atoms with van der Waals surface area (Å²) in [6.07, 6.45) is -4.82. The fourth-order valence-electron chi connectivity index (χ4n) is 1.81. The van der Waals surface area contributed by atoms with Gasteiger partial charge in [0, 0.05) is 0 Å². The average Bonchev–Trinajstić information content (AvgIpc) is 2.68. The van der Waals surface area contributed by atoms with Crippen LogP contribution in [0.25, 0.3) is 0 Å². The highest BCUT2D eigenvalue weighted by Gasteiger charge is 2.44. The number of rotatable bonds is 2. The standard InChI is InChI=1S/C9H10FIN2O6/c10-3-1-12(9(18)13(11)7(3)17)8-6(16)5(15)4(2-14)19-8/h1,4-6,8,14-16H,2H2/t4-,5-,6+,8?/m1/s1. The fourth-order valence-corrected chi connectivity index (χ4v) is 2.29. The van der Waals surface area contributed by atoms with Gasteiger partial charge in [-0.05, 0) is 0 Å². The second kappa shape index (κ2) is 5.28. The maximum atomic E-state index is 13.3. The zero-order valence-corrected chi connectivity index (χ0v) is 11.5. The van der Waals surface area contributed by atoms with Crippen LogP contribution in [-0.2, 0) is 4.74 Å². The van der Waals surface area contributed by atoms with Gasteiger partial charge in [-0.2, -0.15) is 7.17 Å². The number of aromatic nitrogens is 2. The van der Waals surface area contributed by atoms with E-state index in [0.29, 0.717) is 13.5 Å². The van der Waals surface area contributed by atoms with E-state index in [0.717, 1.165) is 0 Å². The number of hydrogen-bond donors (Lipinski definition) is 3. The molecule has 10 heteroatoms. The molecular weight excluding hydrogens is 378 g/mol. The molecule has 0 aliphatic carbocycles. The summed E-state index contributed by atoms with van der Waals surface area (Å²) in [5, 5.41) is 28.2. The molecule has 0 amide bonds. The van der Waals surface area contributed by atoms with Gasteiger partial charge in [-0.15, -0.1) is 0 Å². The van der Waals surface area contributed by atoms with Crippen LogP contribution in [0, 0.1) is 5.82 Å². The third-order valence-electron chi connectivity index (χ3n) is 2.82. The summed E-state index contributed by atoms with van der Waals surface area (Å²) in [5.74, 6) is -1.20. The molecule has 1 aromatic heterocycles. The number of nitrogens with zero attached hydrogens (tertiary/aromatic N) is 2. The smallest absolute Gasteiger partial charge is 0.342 e. The molecule has 4 atom stereocenters. The van der Waals surface area contributed by atoms with Gasteiger partial charge in [0.2, 0.25) is 5.82 Å². The highest BCUT2D eigenvalue weighted by Crippen LogP contribution is 2.27. The lowest BCUT2D eigenvalue weighted by Gasteiger charge is -2.17. The van der Waals surface area contributed by atoms with Gasteiger partial charge in [0.05, 0.1) is 35.7 Å². The van der Waals surface area contributed by atoms with E-state index < -0.39 is 48.2 Å². The maximum Gasteiger partial charge on any atom is 0.342 e. The quantitative estimate of drug-likeness (QED) is 0.504. The molecular formula is C9H10FIN2O6. The molecule has 1 aliphatic rings. The average molecular weight is 388 g/mol. The molecule has 2 heterocycles. The molecule has 3 N–H and O–H groups in total. The number of aliphatic hydroxyl groups is 3. The molecule has 1 saturated heterocycles. The van der Waals surface area contributed by atoms with E-state index in [1.165, 1.54) is 22.9 Å². The monoisotopic (exact) mass is 388 g/mol. The minimum Gasteiger partial charge on any atom is -0.394 e. The number of halogens is 2. The van der Waals surface area contributed by atoms with Crippen LogP contribution in [0.5, 0.6) is 0 Å². The molecule has 0 aromatic carbocycles. The van der Waals surface area contributed by atoms with Crippen LogP contribution in [0.2, 0.25) is 0 Å². The van der Waals surface area contributed by atoms with E-state index >= 15 is 0 Å². The zero-order chi connectivity index (χ0) is 14.3. The van der Waals surface area contributed by atoms with Crippen molar-refractivity contribution in [3.05, 3.63) is 32.9 Å². The predicted octanol–water partition coefficient (Wildman–Crippen LogP) is -2.04. The molecule has 0 spiro atoms. The van der Waals surface area contributed by atoms with Crippen molar-refractivity contribution >= 4 is 22.9 Å². The van der Waals surface area contributed by atoms with Crippen LogP contribution in [0.3, 0.4) is 0 Å². The predicted molar refractivity (Wildman–Crippen MR) is 67.3 cm³/mol. The Hall–Kier alpha value is -0.820. The van der Waals surface area contributed by atoms with Crippen molar-refractivity contribution in [3.8, 4) is 0 Å². The van der Waals surface area contributed by atoms with Crippen molar-refractivity contribution < 1.29 is 24.4 Å². The molecule has 8 nitrogen and oxygen atoms in total. The Labute approximate surface area is 119 Å². The van der Waals surface area contributed by atoms with Crippen molar-refractivity contribution in [3.63, 3.8) is 0 Å². The Balaban J connectivity index is 2.50. The van der Waals surface area contributed by atoms with Crippen molar-refractivity contribution in [1.82, 2.24) is 7.35 Å². The van der Waals surface area contributed by atoms with Crippen LogP contribution in [-0.4, -0.2) is 47.6 Å². The lowest BCUT2D eigenvalue weighted by atomic mass is 10.1. The lowest BCUT2D eigenvalue weighted by molar-refractivity contribution is -0.0555. The lowest BCUT2D eigenvalue weighted by Crippen LogP contribution is -2.41. The third-order valence-corrected chi connectivity index (χ3v) is 3.67. The van der Waals surface area contributed by atoms with E-state index in [2.05, 4.69) is 0 Å². The Morgan fingerprint density at radius 1 is 1.37 bits per heavy atom. The van der Waals surface area contributed by atoms with Crippen LogP contribution < -0.4 is 11.2 Å². The van der Waals surface area contributed by atoms with E-state index in [4.69, 9.17) is 9.84 Å². The van der Waals surface area contributed by atoms with E-state index in [1.54, 1.807) is 0 Å². The molecule has 106 valence electrons. The van der Waals surface area contributed by atoms with Crippen LogP contribution in [0.15, 0.2) is 15.8 Å².